The van der Waals surface area contributed by atoms with Crippen LogP contribution in [-0.4, -0.2) is 79.7 Å². The number of aromatic amines is 1. The number of halogens is 1. The molecule has 1 saturated carbocycles. The Morgan fingerprint density at radius 1 is 1.05 bits per heavy atom. The summed E-state index contributed by atoms with van der Waals surface area (Å²) < 4.78 is 40.2. The van der Waals surface area contributed by atoms with E-state index in [4.69, 9.17) is 5.73 Å². The van der Waals surface area contributed by atoms with Gasteiger partial charge in [0.2, 0.25) is 11.8 Å². The molecule has 11 nitrogen and oxygen atoms in total. The number of H-pyrrole nitrogens is 1. The number of fused-ring (bicyclic) bond motifs is 1. The van der Waals surface area contributed by atoms with Gasteiger partial charge in [-0.25, -0.2) is 9.11 Å². The maximum atomic E-state index is 13.9. The molecule has 3 atom stereocenters. The Morgan fingerprint density at radius 3 is 2.41 bits per heavy atom. The molecular formula is C31H39FN6O5S. The number of hydrogen-bond donors (Lipinski definition) is 4. The van der Waals surface area contributed by atoms with Gasteiger partial charge in [0.15, 0.2) is 0 Å². The minimum atomic E-state index is -3.97. The summed E-state index contributed by atoms with van der Waals surface area (Å²) in [4.78, 5) is 44.9. The molecule has 1 aliphatic heterocycles. The Kier molecular flexibility index (Phi) is 9.37. The van der Waals surface area contributed by atoms with Gasteiger partial charge in [0.1, 0.15) is 18.4 Å². The van der Waals surface area contributed by atoms with Crippen molar-refractivity contribution in [2.75, 3.05) is 32.6 Å². The lowest BCUT2D eigenvalue weighted by Gasteiger charge is -2.35. The second-order valence-electron chi connectivity index (χ2n) is 11.9. The monoisotopic (exact) mass is 626 g/mol. The Morgan fingerprint density at radius 2 is 1.75 bits per heavy atom. The summed E-state index contributed by atoms with van der Waals surface area (Å²) in [6, 6.07) is 15.0. The van der Waals surface area contributed by atoms with E-state index in [9.17, 15) is 27.2 Å². The van der Waals surface area contributed by atoms with E-state index in [1.807, 2.05) is 35.1 Å². The largest absolute Gasteiger partial charge is 0.350 e. The zero-order chi connectivity index (χ0) is 31.6. The van der Waals surface area contributed by atoms with Gasteiger partial charge in [-0.15, -0.1) is 0 Å². The summed E-state index contributed by atoms with van der Waals surface area (Å²) in [6.45, 7) is -0.122. The minimum Gasteiger partial charge on any atom is -0.350 e. The molecule has 2 aromatic carbocycles. The molecule has 0 radical (unpaired) electrons. The molecule has 2 fully saturated rings. The van der Waals surface area contributed by atoms with E-state index in [2.05, 4.69) is 10.3 Å². The van der Waals surface area contributed by atoms with Gasteiger partial charge in [-0.1, -0.05) is 30.3 Å². The van der Waals surface area contributed by atoms with Crippen LogP contribution in [-0.2, 0) is 19.8 Å². The summed E-state index contributed by atoms with van der Waals surface area (Å²) in [5, 5.41) is 3.57. The number of likely N-dealkylation sites (tertiary alicyclic amines) is 1. The van der Waals surface area contributed by atoms with E-state index in [1.165, 1.54) is 20.2 Å². The van der Waals surface area contributed by atoms with Crippen molar-refractivity contribution in [2.24, 2.45) is 17.6 Å². The first kappa shape index (κ1) is 31.6. The van der Waals surface area contributed by atoms with Gasteiger partial charge in [-0.2, -0.15) is 12.7 Å². The van der Waals surface area contributed by atoms with Crippen LogP contribution in [0.25, 0.3) is 10.9 Å². The van der Waals surface area contributed by atoms with Crippen molar-refractivity contribution in [1.82, 2.24) is 18.9 Å². The summed E-state index contributed by atoms with van der Waals surface area (Å²) in [5.74, 6) is -1.55. The highest BCUT2D eigenvalue weighted by atomic mass is 32.2. The number of carbonyl (C=O) groups is 3. The second kappa shape index (κ2) is 13.0. The summed E-state index contributed by atoms with van der Waals surface area (Å²) >= 11 is 0. The lowest BCUT2D eigenvalue weighted by molar-refractivity contribution is -0.141. The Hall–Kier alpha value is -3.81. The van der Waals surface area contributed by atoms with Crippen LogP contribution in [0, 0.1) is 11.8 Å². The van der Waals surface area contributed by atoms with Crippen molar-refractivity contribution in [3.05, 3.63) is 65.9 Å². The molecule has 3 aromatic rings. The van der Waals surface area contributed by atoms with Crippen molar-refractivity contribution in [2.45, 2.75) is 50.1 Å². The van der Waals surface area contributed by atoms with Crippen LogP contribution in [0.3, 0.4) is 0 Å². The fourth-order valence-corrected chi connectivity index (χ4v) is 6.91. The number of carbonyl (C=O) groups excluding carboxylic acids is 3. The molecule has 0 spiro atoms. The molecule has 2 aliphatic rings. The fraction of sp³-hybridized carbons (Fsp3) is 0.452. The lowest BCUT2D eigenvalue weighted by Crippen LogP contribution is -2.48. The third-order valence-electron chi connectivity index (χ3n) is 8.92. The van der Waals surface area contributed by atoms with Gasteiger partial charge >= 0.3 is 10.2 Å². The van der Waals surface area contributed by atoms with Crippen LogP contribution in [0.2, 0.25) is 0 Å². The topological polar surface area (TPSA) is 158 Å². The number of rotatable bonds is 9. The second-order valence-corrected chi connectivity index (χ2v) is 13.8. The Balaban J connectivity index is 1.35. The number of nitrogens with two attached hydrogens (primary N) is 1. The molecular weight excluding hydrogens is 587 g/mol. The predicted molar refractivity (Wildman–Crippen MR) is 166 cm³/mol. The number of aromatic nitrogens is 1. The van der Waals surface area contributed by atoms with E-state index in [0.717, 1.165) is 9.87 Å². The zero-order valence-electron chi connectivity index (χ0n) is 24.8. The Labute approximate surface area is 256 Å². The fourth-order valence-electron chi connectivity index (χ4n) is 6.38. The third kappa shape index (κ3) is 6.64. The number of hydrogen-bond acceptors (Lipinski definition) is 6. The number of alkyl halides is 1. The molecule has 1 aliphatic carbocycles. The van der Waals surface area contributed by atoms with Gasteiger partial charge in [-0.05, 0) is 67.9 Å². The normalized spacial score (nSPS) is 23.1. The number of nitrogens with zero attached hydrogens (tertiary/aromatic N) is 2. The number of amides is 3. The molecule has 5 rings (SSSR count). The molecule has 1 aromatic heterocycles. The van der Waals surface area contributed by atoms with Gasteiger partial charge in [0, 0.05) is 55.1 Å². The molecule has 44 heavy (non-hydrogen) atoms. The van der Waals surface area contributed by atoms with Crippen molar-refractivity contribution in [3.63, 3.8) is 0 Å². The van der Waals surface area contributed by atoms with Crippen molar-refractivity contribution < 1.29 is 27.2 Å². The van der Waals surface area contributed by atoms with Gasteiger partial charge < -0.3 is 20.9 Å². The molecule has 1 saturated heterocycles. The molecule has 0 bridgehead atoms. The molecule has 236 valence electrons. The SMILES string of the molecule is CN(C)S(=O)(=O)NC(=O)c1cc2cc(NC(=O)[C@@H]3[C@@H](c4ccccc4)CCN3C(=O)[C@H]3CC[C@H]([C@H](N)CF)CC3)ccc2[nH]1. The quantitative estimate of drug-likeness (QED) is 0.286. The van der Waals surface area contributed by atoms with Gasteiger partial charge in [0.05, 0.1) is 0 Å². The Bertz CT molecular complexity index is 1620. The van der Waals surface area contributed by atoms with E-state index >= 15 is 0 Å². The van der Waals surface area contributed by atoms with E-state index in [0.29, 0.717) is 55.2 Å². The highest BCUT2D eigenvalue weighted by Crippen LogP contribution is 2.38. The van der Waals surface area contributed by atoms with Crippen LogP contribution >= 0.6 is 0 Å². The molecule has 5 N–H and O–H groups in total. The lowest BCUT2D eigenvalue weighted by atomic mass is 9.78. The predicted octanol–water partition coefficient (Wildman–Crippen LogP) is 3.13. The first-order chi connectivity index (χ1) is 21.0. The number of anilines is 1. The van der Waals surface area contributed by atoms with Crippen LogP contribution in [0.4, 0.5) is 10.1 Å². The number of nitrogens with one attached hydrogen (secondary N) is 3. The van der Waals surface area contributed by atoms with Crippen LogP contribution in [0.15, 0.2) is 54.6 Å². The van der Waals surface area contributed by atoms with Crippen LogP contribution in [0.1, 0.15) is 54.1 Å². The molecule has 13 heteroatoms. The smallest absolute Gasteiger partial charge is 0.303 e. The number of benzene rings is 2. The average Bonchev–Trinajstić information content (AvgIpc) is 3.65. The first-order valence-corrected chi connectivity index (χ1v) is 16.3. The summed E-state index contributed by atoms with van der Waals surface area (Å²) in [7, 11) is -1.35. The van der Waals surface area contributed by atoms with E-state index in [-0.39, 0.29) is 35.3 Å². The van der Waals surface area contributed by atoms with Crippen molar-refractivity contribution in [3.8, 4) is 0 Å². The standard InChI is InChI=1S/C31H39FN6O5S/c1-37(2)44(42,43)36-29(39)27-17-22-16-23(12-13-26(22)35-27)34-30(40)28-24(19-6-4-3-5-7-19)14-15-38(28)31(41)21-10-8-20(9-11-21)25(33)18-32/h3-7,12-13,16-17,20-21,24-25,28,35H,8-11,14-15,18,33H2,1-2H3,(H,34,40)(H,36,39)/t20-,21-,24-,25-,28+/m1/s1. The first-order valence-electron chi connectivity index (χ1n) is 14.8. The third-order valence-corrected chi connectivity index (χ3v) is 10.3. The molecule has 0 unspecified atom stereocenters. The molecule has 2 heterocycles. The van der Waals surface area contributed by atoms with Crippen molar-refractivity contribution >= 4 is 44.5 Å². The van der Waals surface area contributed by atoms with Gasteiger partial charge in [0.25, 0.3) is 5.91 Å². The summed E-state index contributed by atoms with van der Waals surface area (Å²) in [5.41, 5.74) is 8.00. The van der Waals surface area contributed by atoms with Gasteiger partial charge in [-0.3, -0.25) is 14.4 Å². The maximum Gasteiger partial charge on any atom is 0.303 e. The highest BCUT2D eigenvalue weighted by molar-refractivity contribution is 7.87. The van der Waals surface area contributed by atoms with Crippen molar-refractivity contribution in [1.29, 1.82) is 0 Å². The average molecular weight is 627 g/mol. The minimum absolute atomic E-state index is 0.0489. The zero-order valence-corrected chi connectivity index (χ0v) is 25.6. The highest BCUT2D eigenvalue weighted by Gasteiger charge is 2.44. The maximum absolute atomic E-state index is 13.9. The van der Waals surface area contributed by atoms with E-state index < -0.39 is 34.9 Å². The van der Waals surface area contributed by atoms with Crippen LogP contribution in [0.5, 0.6) is 0 Å². The van der Waals surface area contributed by atoms with Crippen LogP contribution < -0.4 is 15.8 Å². The van der Waals surface area contributed by atoms with E-state index in [1.54, 1.807) is 23.1 Å². The summed E-state index contributed by atoms with van der Waals surface area (Å²) in [6.07, 6.45) is 3.25. The molecule has 3 amide bonds.